The first-order valence-electron chi connectivity index (χ1n) is 7.88. The van der Waals surface area contributed by atoms with Gasteiger partial charge in [0.25, 0.3) is 5.69 Å². The number of phosphoric acid groups is 1. The number of hydrogen-bond donors (Lipinski definition) is 4. The monoisotopic (exact) mass is 491 g/mol. The zero-order valence-electron chi connectivity index (χ0n) is 16.4. The normalized spacial score (nSPS) is 13.6. The molecule has 4 N–H and O–H groups in total. The molecule has 0 saturated heterocycles. The van der Waals surface area contributed by atoms with Crippen molar-refractivity contribution in [2.24, 2.45) is 0 Å². The van der Waals surface area contributed by atoms with Crippen molar-refractivity contribution in [2.75, 3.05) is 20.8 Å². The van der Waals surface area contributed by atoms with E-state index in [4.69, 9.17) is 45.4 Å². The van der Waals surface area contributed by atoms with E-state index in [0.29, 0.717) is 11.3 Å². The van der Waals surface area contributed by atoms with Gasteiger partial charge in [-0.2, -0.15) is 0 Å². The SMILES string of the molecule is CC(=O)[C@@H](O)[C@H](O)COP(=O)(O)O.COP(=S)(OC)Oc1ccc([N+](=O)[O-])c(C)c1. The van der Waals surface area contributed by atoms with Gasteiger partial charge in [0.2, 0.25) is 0 Å². The topological polar surface area (TPSA) is 195 Å². The Hall–Kier alpha value is -1.31. The molecule has 1 aromatic rings. The second kappa shape index (κ2) is 12.5. The Morgan fingerprint density at radius 1 is 1.27 bits per heavy atom. The summed E-state index contributed by atoms with van der Waals surface area (Å²) in [4.78, 5) is 37.0. The first kappa shape index (κ1) is 28.7. The molecule has 172 valence electrons. The zero-order valence-corrected chi connectivity index (χ0v) is 19.0. The van der Waals surface area contributed by atoms with Crippen LogP contribution in [0.4, 0.5) is 5.69 Å². The fourth-order valence-corrected chi connectivity index (χ4v) is 2.98. The lowest BCUT2D eigenvalue weighted by Crippen LogP contribution is -2.35. The third-order valence-corrected chi connectivity index (χ3v) is 6.16. The number of nitro groups is 1. The fourth-order valence-electron chi connectivity index (χ4n) is 1.70. The molecule has 0 unspecified atom stereocenters. The van der Waals surface area contributed by atoms with E-state index in [2.05, 4.69) is 4.52 Å². The molecule has 1 rings (SSSR count). The number of carbonyl (C=O) groups is 1. The van der Waals surface area contributed by atoms with Gasteiger partial charge in [0.1, 0.15) is 18.0 Å². The lowest BCUT2D eigenvalue weighted by Gasteiger charge is -2.18. The molecule has 0 saturated carbocycles. The second-order valence-corrected chi connectivity index (χ2v) is 9.91. The smallest absolute Gasteiger partial charge is 0.424 e. The zero-order chi connectivity index (χ0) is 23.7. The summed E-state index contributed by atoms with van der Waals surface area (Å²) in [6, 6.07) is 4.34. The average molecular weight is 491 g/mol. The molecule has 13 nitrogen and oxygen atoms in total. The van der Waals surface area contributed by atoms with Crippen molar-refractivity contribution < 1.29 is 52.4 Å². The number of aliphatic hydroxyl groups is 2. The van der Waals surface area contributed by atoms with Crippen LogP contribution in [-0.2, 0) is 34.7 Å². The third kappa shape index (κ3) is 10.6. The summed E-state index contributed by atoms with van der Waals surface area (Å²) in [5.74, 6) is -0.318. The van der Waals surface area contributed by atoms with Gasteiger partial charge in [-0.15, -0.1) is 0 Å². The Bertz CT molecular complexity index is 821. The van der Waals surface area contributed by atoms with Crippen molar-refractivity contribution in [1.82, 2.24) is 0 Å². The molecule has 0 aliphatic carbocycles. The summed E-state index contributed by atoms with van der Waals surface area (Å²) in [6.45, 7) is -0.947. The van der Waals surface area contributed by atoms with E-state index < -0.39 is 44.1 Å². The molecule has 0 amide bonds. The highest BCUT2D eigenvalue weighted by atomic mass is 32.5. The summed E-state index contributed by atoms with van der Waals surface area (Å²) in [5.41, 5.74) is 0.516. The van der Waals surface area contributed by atoms with Gasteiger partial charge in [-0.1, -0.05) is 0 Å². The second-order valence-electron chi connectivity index (χ2n) is 5.52. The number of aryl methyl sites for hydroxylation is 1. The highest BCUT2D eigenvalue weighted by Gasteiger charge is 2.24. The molecule has 16 heteroatoms. The fraction of sp³-hybridized carbons (Fsp3) is 0.500. The van der Waals surface area contributed by atoms with Crippen molar-refractivity contribution in [3.8, 4) is 5.75 Å². The number of aliphatic hydroxyl groups excluding tert-OH is 2. The predicted molar refractivity (Wildman–Crippen MR) is 107 cm³/mol. The number of carbonyl (C=O) groups excluding carboxylic acids is 1. The van der Waals surface area contributed by atoms with Gasteiger partial charge in [-0.05, 0) is 26.0 Å². The van der Waals surface area contributed by atoms with Crippen molar-refractivity contribution in [3.05, 3.63) is 33.9 Å². The summed E-state index contributed by atoms with van der Waals surface area (Å²) >= 11 is 5.02. The van der Waals surface area contributed by atoms with Crippen LogP contribution in [0.25, 0.3) is 0 Å². The third-order valence-electron chi connectivity index (χ3n) is 3.22. The Morgan fingerprint density at radius 2 is 1.80 bits per heavy atom. The molecule has 0 radical (unpaired) electrons. The van der Waals surface area contributed by atoms with Gasteiger partial charge in [-0.3, -0.25) is 19.4 Å². The summed E-state index contributed by atoms with van der Waals surface area (Å²) in [6.07, 6.45) is -3.32. The summed E-state index contributed by atoms with van der Waals surface area (Å²) in [5, 5.41) is 28.4. The Balaban J connectivity index is 0.000000584. The van der Waals surface area contributed by atoms with E-state index >= 15 is 0 Å². The average Bonchev–Trinajstić information content (AvgIpc) is 2.65. The molecule has 0 aliphatic heterocycles. The van der Waals surface area contributed by atoms with Crippen LogP contribution in [0.2, 0.25) is 0 Å². The standard InChI is InChI=1S/C9H12NO5PS.C5H11O7P/c1-7-6-8(4-5-9(7)10(11)12)15-16(17,13-2)14-3;1-3(6)5(8)4(7)2-12-13(9,10)11/h4-6H,1-3H3;4-5,7-8H,2H2,1H3,(H2,9,10,11)/t;4-,5-/m.1/s1. The Morgan fingerprint density at radius 3 is 2.17 bits per heavy atom. The lowest BCUT2D eigenvalue weighted by atomic mass is 10.1. The van der Waals surface area contributed by atoms with Crippen LogP contribution in [0.15, 0.2) is 18.2 Å². The van der Waals surface area contributed by atoms with E-state index in [1.165, 1.54) is 32.4 Å². The molecule has 0 fully saturated rings. The van der Waals surface area contributed by atoms with Crippen LogP contribution in [0.1, 0.15) is 12.5 Å². The van der Waals surface area contributed by atoms with Crippen molar-refractivity contribution in [1.29, 1.82) is 0 Å². The van der Waals surface area contributed by atoms with Crippen LogP contribution in [-0.4, -0.2) is 63.7 Å². The number of hydrogen-bond acceptors (Lipinski definition) is 11. The van der Waals surface area contributed by atoms with E-state index in [1.54, 1.807) is 6.92 Å². The molecular formula is C14H23NO12P2S. The van der Waals surface area contributed by atoms with Crippen molar-refractivity contribution in [2.45, 2.75) is 26.1 Å². The minimum absolute atomic E-state index is 0.0282. The summed E-state index contributed by atoms with van der Waals surface area (Å²) in [7, 11) is -1.89. The number of benzene rings is 1. The maximum atomic E-state index is 10.6. The summed E-state index contributed by atoms with van der Waals surface area (Å²) < 4.78 is 29.3. The van der Waals surface area contributed by atoms with Gasteiger partial charge < -0.3 is 33.6 Å². The number of ketones is 1. The number of nitrogens with zero attached hydrogens (tertiary/aromatic N) is 1. The molecule has 0 aromatic heterocycles. The molecular weight excluding hydrogens is 468 g/mol. The minimum Gasteiger partial charge on any atom is -0.424 e. The van der Waals surface area contributed by atoms with E-state index in [1.807, 2.05) is 0 Å². The first-order valence-corrected chi connectivity index (χ1v) is 12.0. The molecule has 0 spiro atoms. The molecule has 0 heterocycles. The Labute approximate surface area is 177 Å². The highest BCUT2D eigenvalue weighted by Crippen LogP contribution is 2.48. The van der Waals surface area contributed by atoms with Crippen LogP contribution >= 0.6 is 14.5 Å². The van der Waals surface area contributed by atoms with Crippen molar-refractivity contribution >= 4 is 37.8 Å². The molecule has 0 bridgehead atoms. The number of phosphoric ester groups is 1. The highest BCUT2D eigenvalue weighted by molar-refractivity contribution is 8.07. The number of nitro benzene ring substituents is 1. The van der Waals surface area contributed by atoms with Crippen LogP contribution in [0.5, 0.6) is 5.75 Å². The van der Waals surface area contributed by atoms with Crippen molar-refractivity contribution in [3.63, 3.8) is 0 Å². The van der Waals surface area contributed by atoms with Gasteiger partial charge in [0.15, 0.2) is 5.78 Å². The van der Waals surface area contributed by atoms with Crippen LogP contribution < -0.4 is 4.52 Å². The minimum atomic E-state index is -4.67. The first-order chi connectivity index (χ1) is 13.7. The molecule has 2 atom stereocenters. The van der Waals surface area contributed by atoms with Crippen LogP contribution in [0.3, 0.4) is 0 Å². The molecule has 1 aromatic carbocycles. The number of Topliss-reactive ketones (excluding diaryl/α,β-unsaturated/α-hetero) is 1. The molecule has 0 aliphatic rings. The molecule has 30 heavy (non-hydrogen) atoms. The predicted octanol–water partition coefficient (Wildman–Crippen LogP) is 1.21. The van der Waals surface area contributed by atoms with Gasteiger partial charge in [-0.25, -0.2) is 4.57 Å². The quantitative estimate of drug-likeness (QED) is 0.207. The van der Waals surface area contributed by atoms with Gasteiger partial charge in [0.05, 0.1) is 11.5 Å². The number of rotatable bonds is 10. The maximum Gasteiger partial charge on any atom is 0.469 e. The van der Waals surface area contributed by atoms with Crippen LogP contribution in [0, 0.1) is 17.0 Å². The Kier molecular flexibility index (Phi) is 12.0. The van der Waals surface area contributed by atoms with E-state index in [-0.39, 0.29) is 5.69 Å². The van der Waals surface area contributed by atoms with Gasteiger partial charge >= 0.3 is 14.5 Å². The maximum absolute atomic E-state index is 10.6. The van der Waals surface area contributed by atoms with E-state index in [0.717, 1.165) is 6.92 Å². The lowest BCUT2D eigenvalue weighted by molar-refractivity contribution is -0.385. The largest absolute Gasteiger partial charge is 0.469 e. The van der Waals surface area contributed by atoms with Gasteiger partial charge in [0, 0.05) is 37.7 Å². The van der Waals surface area contributed by atoms with E-state index in [9.17, 15) is 19.5 Å².